The number of carbonyl (C=O) groups excluding carboxylic acids is 1. The Kier molecular flexibility index (Phi) is 8.17. The van der Waals surface area contributed by atoms with Crippen molar-refractivity contribution < 1.29 is 19.7 Å². The molecule has 7 heteroatoms. The van der Waals surface area contributed by atoms with E-state index in [4.69, 9.17) is 14.9 Å². The number of ether oxygens (including phenoxy) is 1. The maximum atomic E-state index is 11.8. The highest BCUT2D eigenvalue weighted by Crippen LogP contribution is 2.20. The Balaban J connectivity index is 2.25. The molecule has 0 aliphatic carbocycles. The van der Waals surface area contributed by atoms with Crippen LogP contribution < -0.4 is 10.1 Å². The maximum absolute atomic E-state index is 11.8. The first-order chi connectivity index (χ1) is 9.63. The van der Waals surface area contributed by atoms with Gasteiger partial charge in [-0.05, 0) is 6.42 Å². The first kappa shape index (κ1) is 16.9. The number of aliphatic hydroxyl groups is 2. The molecule has 1 amide bonds. The number of nitrogens with one attached hydrogen (secondary N) is 1. The summed E-state index contributed by atoms with van der Waals surface area (Å²) < 4.78 is 5.21. The summed E-state index contributed by atoms with van der Waals surface area (Å²) in [6.45, 7) is 2.97. The van der Waals surface area contributed by atoms with Gasteiger partial charge in [0.15, 0.2) is 6.29 Å². The summed E-state index contributed by atoms with van der Waals surface area (Å²) in [5.74, 6) is -0.143. The van der Waals surface area contributed by atoms with Crippen molar-refractivity contribution in [1.82, 2.24) is 10.3 Å². The Morgan fingerprint density at radius 2 is 2.25 bits per heavy atom. The maximum Gasteiger partial charge on any atom is 0.273 e. The van der Waals surface area contributed by atoms with E-state index in [0.717, 1.165) is 24.2 Å². The summed E-state index contributed by atoms with van der Waals surface area (Å²) in [4.78, 5) is 16.3. The van der Waals surface area contributed by atoms with Gasteiger partial charge in [0.05, 0.1) is 12.8 Å². The van der Waals surface area contributed by atoms with Crippen LogP contribution in [0.5, 0.6) is 5.19 Å². The third kappa shape index (κ3) is 6.83. The summed E-state index contributed by atoms with van der Waals surface area (Å²) in [5.41, 5.74) is 0. The highest BCUT2D eigenvalue weighted by molar-refractivity contribution is 7.15. The van der Waals surface area contributed by atoms with Crippen molar-refractivity contribution in [3.8, 4) is 5.19 Å². The van der Waals surface area contributed by atoms with Gasteiger partial charge in [-0.1, -0.05) is 37.5 Å². The van der Waals surface area contributed by atoms with Crippen molar-refractivity contribution in [2.45, 2.75) is 45.3 Å². The average molecular weight is 302 g/mol. The van der Waals surface area contributed by atoms with Crippen LogP contribution in [0.2, 0.25) is 0 Å². The Labute approximate surface area is 122 Å². The molecular weight excluding hydrogens is 280 g/mol. The van der Waals surface area contributed by atoms with E-state index in [1.54, 1.807) is 0 Å². The van der Waals surface area contributed by atoms with Crippen molar-refractivity contribution in [1.29, 1.82) is 0 Å². The number of amides is 1. The normalized spacial score (nSPS) is 10.8. The Bertz CT molecular complexity index is 395. The standard InChI is InChI=1S/C13H22N2O4S/c1-2-3-4-5-7-14-12(18)10-9-15-13(20-10)19-8-6-11(16)17/h9,11,16-17H,2-8H2,1H3,(H,14,18). The number of aromatic nitrogens is 1. The van der Waals surface area contributed by atoms with Crippen LogP contribution in [0.15, 0.2) is 6.20 Å². The van der Waals surface area contributed by atoms with Gasteiger partial charge < -0.3 is 20.3 Å². The Hall–Kier alpha value is -1.18. The summed E-state index contributed by atoms with van der Waals surface area (Å²) in [5, 5.41) is 20.6. The molecule has 0 aliphatic heterocycles. The molecule has 0 aromatic carbocycles. The van der Waals surface area contributed by atoms with E-state index in [1.165, 1.54) is 19.0 Å². The molecule has 1 aromatic rings. The zero-order valence-electron chi connectivity index (χ0n) is 11.7. The van der Waals surface area contributed by atoms with E-state index in [-0.39, 0.29) is 18.9 Å². The molecule has 6 nitrogen and oxygen atoms in total. The molecule has 20 heavy (non-hydrogen) atoms. The first-order valence-electron chi connectivity index (χ1n) is 6.86. The highest BCUT2D eigenvalue weighted by atomic mass is 32.1. The molecule has 114 valence electrons. The summed E-state index contributed by atoms with van der Waals surface area (Å²) >= 11 is 1.15. The molecule has 0 saturated heterocycles. The highest BCUT2D eigenvalue weighted by Gasteiger charge is 2.11. The van der Waals surface area contributed by atoms with Crippen molar-refractivity contribution in [3.05, 3.63) is 11.1 Å². The van der Waals surface area contributed by atoms with Gasteiger partial charge >= 0.3 is 0 Å². The fraction of sp³-hybridized carbons (Fsp3) is 0.692. The monoisotopic (exact) mass is 302 g/mol. The van der Waals surface area contributed by atoms with Gasteiger partial charge in [-0.3, -0.25) is 4.79 Å². The van der Waals surface area contributed by atoms with Crippen LogP contribution in [0.3, 0.4) is 0 Å². The smallest absolute Gasteiger partial charge is 0.273 e. The summed E-state index contributed by atoms with van der Waals surface area (Å²) in [6.07, 6.45) is 4.65. The van der Waals surface area contributed by atoms with Crippen molar-refractivity contribution in [2.24, 2.45) is 0 Å². The second kappa shape index (κ2) is 9.68. The zero-order chi connectivity index (χ0) is 14.8. The molecule has 0 bridgehead atoms. The van der Waals surface area contributed by atoms with E-state index in [0.29, 0.717) is 16.6 Å². The third-order valence-electron chi connectivity index (χ3n) is 2.63. The van der Waals surface area contributed by atoms with Gasteiger partial charge in [-0.15, -0.1) is 0 Å². The van der Waals surface area contributed by atoms with Gasteiger partial charge in [-0.25, -0.2) is 4.98 Å². The fourth-order valence-corrected chi connectivity index (χ4v) is 2.23. The second-order valence-electron chi connectivity index (χ2n) is 4.42. The topological polar surface area (TPSA) is 91.7 Å². The SMILES string of the molecule is CCCCCCNC(=O)c1cnc(OCCC(O)O)s1. The second-order valence-corrected chi connectivity index (χ2v) is 5.42. The molecule has 0 radical (unpaired) electrons. The van der Waals surface area contributed by atoms with Crippen LogP contribution in [-0.4, -0.2) is 40.5 Å². The molecule has 1 rings (SSSR count). The molecule has 3 N–H and O–H groups in total. The van der Waals surface area contributed by atoms with Crippen molar-refractivity contribution in [2.75, 3.05) is 13.2 Å². The molecule has 0 aliphatic rings. The molecule has 0 atom stereocenters. The number of hydrogen-bond donors (Lipinski definition) is 3. The summed E-state index contributed by atoms with van der Waals surface area (Å²) in [6, 6.07) is 0. The first-order valence-corrected chi connectivity index (χ1v) is 7.68. The predicted octanol–water partition coefficient (Wildman–Crippen LogP) is 1.53. The number of nitrogens with zero attached hydrogens (tertiary/aromatic N) is 1. The van der Waals surface area contributed by atoms with Crippen LogP contribution in [0, 0.1) is 0 Å². The van der Waals surface area contributed by atoms with Crippen LogP contribution in [0.1, 0.15) is 48.7 Å². The Morgan fingerprint density at radius 1 is 1.45 bits per heavy atom. The lowest BCUT2D eigenvalue weighted by atomic mass is 10.2. The molecular formula is C13H22N2O4S. The number of aliphatic hydroxyl groups excluding tert-OH is 1. The van der Waals surface area contributed by atoms with Crippen LogP contribution >= 0.6 is 11.3 Å². The zero-order valence-corrected chi connectivity index (χ0v) is 12.5. The lowest BCUT2D eigenvalue weighted by molar-refractivity contribution is -0.0519. The minimum atomic E-state index is -1.39. The van der Waals surface area contributed by atoms with Gasteiger partial charge in [0.25, 0.3) is 11.1 Å². The number of hydrogen-bond acceptors (Lipinski definition) is 6. The fourth-order valence-electron chi connectivity index (χ4n) is 1.52. The lowest BCUT2D eigenvalue weighted by Crippen LogP contribution is -2.23. The molecule has 1 heterocycles. The molecule has 0 spiro atoms. The lowest BCUT2D eigenvalue weighted by Gasteiger charge is -2.03. The summed E-state index contributed by atoms with van der Waals surface area (Å²) in [7, 11) is 0. The Morgan fingerprint density at radius 3 is 2.95 bits per heavy atom. The number of carbonyl (C=O) groups is 1. The van der Waals surface area contributed by atoms with Gasteiger partial charge in [0, 0.05) is 13.0 Å². The third-order valence-corrected chi connectivity index (χ3v) is 3.53. The van der Waals surface area contributed by atoms with Crippen LogP contribution in [0.25, 0.3) is 0 Å². The van der Waals surface area contributed by atoms with Gasteiger partial charge in [0.1, 0.15) is 4.88 Å². The van der Waals surface area contributed by atoms with Gasteiger partial charge in [0.2, 0.25) is 0 Å². The average Bonchev–Trinajstić information content (AvgIpc) is 2.87. The molecule has 0 fully saturated rings. The minimum Gasteiger partial charge on any atom is -0.470 e. The van der Waals surface area contributed by atoms with Crippen LogP contribution in [-0.2, 0) is 0 Å². The number of rotatable bonds is 10. The largest absolute Gasteiger partial charge is 0.470 e. The number of unbranched alkanes of at least 4 members (excludes halogenated alkanes) is 3. The molecule has 0 unspecified atom stereocenters. The quantitative estimate of drug-likeness (QED) is 0.450. The van der Waals surface area contributed by atoms with E-state index < -0.39 is 6.29 Å². The van der Waals surface area contributed by atoms with E-state index in [9.17, 15) is 4.79 Å². The van der Waals surface area contributed by atoms with Crippen molar-refractivity contribution >= 4 is 17.2 Å². The predicted molar refractivity (Wildman–Crippen MR) is 76.9 cm³/mol. The van der Waals surface area contributed by atoms with E-state index in [1.807, 2.05) is 0 Å². The minimum absolute atomic E-state index is 0.110. The number of thiazole rings is 1. The van der Waals surface area contributed by atoms with E-state index in [2.05, 4.69) is 17.2 Å². The molecule has 1 aromatic heterocycles. The molecule has 0 saturated carbocycles. The van der Waals surface area contributed by atoms with Crippen LogP contribution in [0.4, 0.5) is 0 Å². The van der Waals surface area contributed by atoms with E-state index >= 15 is 0 Å². The van der Waals surface area contributed by atoms with Crippen molar-refractivity contribution in [3.63, 3.8) is 0 Å². The van der Waals surface area contributed by atoms with Gasteiger partial charge in [-0.2, -0.15) is 0 Å².